The number of primary sulfonamides is 1. The van der Waals surface area contributed by atoms with Crippen molar-refractivity contribution in [2.45, 2.75) is 25.7 Å². The minimum atomic E-state index is -3.95. The molecule has 1 amide bonds. The lowest BCUT2D eigenvalue weighted by atomic mass is 9.95. The Morgan fingerprint density at radius 2 is 1.89 bits per heavy atom. The van der Waals surface area contributed by atoms with Crippen LogP contribution in [-0.4, -0.2) is 14.3 Å². The molecule has 0 atom stereocenters. The van der Waals surface area contributed by atoms with E-state index in [1.165, 1.54) is 6.07 Å². The number of nitrogens with one attached hydrogen (secondary N) is 1. The Morgan fingerprint density at radius 1 is 1.33 bits per heavy atom. The fourth-order valence-corrected chi connectivity index (χ4v) is 1.61. The smallest absolute Gasteiger partial charge is 0.238 e. The quantitative estimate of drug-likeness (QED) is 0.855. The molecule has 0 heterocycles. The Morgan fingerprint density at radius 3 is 2.28 bits per heavy atom. The van der Waals surface area contributed by atoms with E-state index >= 15 is 0 Å². The minimum absolute atomic E-state index is 0.0812. The van der Waals surface area contributed by atoms with E-state index in [1.54, 1.807) is 20.8 Å². The van der Waals surface area contributed by atoms with Crippen LogP contribution in [0.15, 0.2) is 23.1 Å². The second-order valence-electron chi connectivity index (χ2n) is 4.89. The van der Waals surface area contributed by atoms with E-state index in [9.17, 15) is 17.6 Å². The molecule has 0 saturated carbocycles. The monoisotopic (exact) mass is 274 g/mol. The van der Waals surface area contributed by atoms with Crippen LogP contribution in [-0.2, 0) is 14.8 Å². The molecule has 3 N–H and O–H groups in total. The molecule has 0 aliphatic heterocycles. The third-order valence-corrected chi connectivity index (χ3v) is 3.11. The van der Waals surface area contributed by atoms with E-state index in [0.717, 1.165) is 12.1 Å². The summed E-state index contributed by atoms with van der Waals surface area (Å²) in [6.45, 7) is 5.04. The molecule has 0 aliphatic rings. The summed E-state index contributed by atoms with van der Waals surface area (Å²) in [7, 11) is -3.95. The Hall–Kier alpha value is -1.47. The van der Waals surface area contributed by atoms with Crippen molar-refractivity contribution < 1.29 is 17.6 Å². The number of carbonyl (C=O) groups excluding carboxylic acids is 1. The number of hydrogen-bond acceptors (Lipinski definition) is 3. The first kappa shape index (κ1) is 14.6. The Labute approximate surface area is 105 Å². The summed E-state index contributed by atoms with van der Waals surface area (Å²) in [6.07, 6.45) is 0. The third kappa shape index (κ3) is 3.51. The second-order valence-corrected chi connectivity index (χ2v) is 6.45. The van der Waals surface area contributed by atoms with E-state index in [2.05, 4.69) is 5.32 Å². The van der Waals surface area contributed by atoms with Crippen molar-refractivity contribution in [3.63, 3.8) is 0 Å². The average Bonchev–Trinajstić information content (AvgIpc) is 2.17. The molecule has 5 nitrogen and oxygen atoms in total. The number of nitrogens with two attached hydrogens (primary N) is 1. The van der Waals surface area contributed by atoms with Crippen molar-refractivity contribution in [1.82, 2.24) is 0 Å². The van der Waals surface area contributed by atoms with Gasteiger partial charge >= 0.3 is 0 Å². The van der Waals surface area contributed by atoms with Crippen LogP contribution in [0.25, 0.3) is 0 Å². The number of rotatable bonds is 2. The maximum atomic E-state index is 13.6. The highest BCUT2D eigenvalue weighted by Crippen LogP contribution is 2.21. The van der Waals surface area contributed by atoms with Crippen LogP contribution in [0.1, 0.15) is 20.8 Å². The maximum Gasteiger partial charge on any atom is 0.238 e. The number of anilines is 1. The number of sulfonamides is 1. The van der Waals surface area contributed by atoms with Gasteiger partial charge in [0.05, 0.1) is 10.6 Å². The zero-order valence-corrected chi connectivity index (χ0v) is 11.1. The number of amides is 1. The third-order valence-electron chi connectivity index (χ3n) is 2.20. The van der Waals surface area contributed by atoms with Gasteiger partial charge in [0.2, 0.25) is 15.9 Å². The molecular weight excluding hydrogens is 259 g/mol. The van der Waals surface area contributed by atoms with Crippen LogP contribution in [0.5, 0.6) is 0 Å². The number of halogens is 1. The van der Waals surface area contributed by atoms with E-state index in [1.807, 2.05) is 0 Å². The molecule has 0 radical (unpaired) electrons. The highest BCUT2D eigenvalue weighted by molar-refractivity contribution is 7.89. The summed E-state index contributed by atoms with van der Waals surface area (Å²) in [4.78, 5) is 11.3. The lowest BCUT2D eigenvalue weighted by molar-refractivity contribution is -0.123. The average molecular weight is 274 g/mol. The van der Waals surface area contributed by atoms with Crippen molar-refractivity contribution in [1.29, 1.82) is 0 Å². The number of hydrogen-bond donors (Lipinski definition) is 2. The van der Waals surface area contributed by atoms with E-state index in [-0.39, 0.29) is 16.5 Å². The van der Waals surface area contributed by atoms with Crippen molar-refractivity contribution in [3.05, 3.63) is 24.0 Å². The predicted molar refractivity (Wildman–Crippen MR) is 65.9 cm³/mol. The molecule has 100 valence electrons. The van der Waals surface area contributed by atoms with Gasteiger partial charge in [0, 0.05) is 5.41 Å². The first-order valence-corrected chi connectivity index (χ1v) is 6.70. The summed E-state index contributed by atoms with van der Waals surface area (Å²) in [6, 6.07) is 3.07. The van der Waals surface area contributed by atoms with Gasteiger partial charge in [0.25, 0.3) is 0 Å². The Bertz CT molecular complexity index is 576. The largest absolute Gasteiger partial charge is 0.323 e. The van der Waals surface area contributed by atoms with Gasteiger partial charge in [-0.25, -0.2) is 17.9 Å². The van der Waals surface area contributed by atoms with Gasteiger partial charge in [-0.1, -0.05) is 20.8 Å². The number of carbonyl (C=O) groups is 1. The molecule has 1 rings (SSSR count). The van der Waals surface area contributed by atoms with Crippen LogP contribution < -0.4 is 10.5 Å². The first-order valence-electron chi connectivity index (χ1n) is 5.15. The summed E-state index contributed by atoms with van der Waals surface area (Å²) < 4.78 is 35.6. The van der Waals surface area contributed by atoms with Gasteiger partial charge in [0.1, 0.15) is 5.82 Å². The molecule has 0 unspecified atom stereocenters. The molecule has 0 saturated heterocycles. The van der Waals surface area contributed by atoms with Crippen molar-refractivity contribution in [2.24, 2.45) is 10.6 Å². The standard InChI is InChI=1S/C11H15FN2O3S/c1-11(2,3)10(15)14-9-5-4-7(6-8(9)12)18(13,16)17/h4-6H,1-3H3,(H,14,15)(H2,13,16,17). The Balaban J connectivity index is 3.05. The molecule has 0 aromatic heterocycles. The molecule has 18 heavy (non-hydrogen) atoms. The molecule has 0 spiro atoms. The molecule has 1 aromatic carbocycles. The van der Waals surface area contributed by atoms with Crippen molar-refractivity contribution >= 4 is 21.6 Å². The van der Waals surface area contributed by atoms with Crippen LogP contribution in [0.3, 0.4) is 0 Å². The maximum absolute atomic E-state index is 13.6. The van der Waals surface area contributed by atoms with Gasteiger partial charge in [-0.2, -0.15) is 0 Å². The van der Waals surface area contributed by atoms with Gasteiger partial charge in [-0.15, -0.1) is 0 Å². The zero-order chi connectivity index (χ0) is 14.1. The summed E-state index contributed by atoms with van der Waals surface area (Å²) in [5, 5.41) is 7.24. The minimum Gasteiger partial charge on any atom is -0.323 e. The van der Waals surface area contributed by atoms with Crippen LogP contribution in [0, 0.1) is 11.2 Å². The van der Waals surface area contributed by atoms with E-state index < -0.39 is 21.3 Å². The zero-order valence-electron chi connectivity index (χ0n) is 10.3. The van der Waals surface area contributed by atoms with Crippen LogP contribution >= 0.6 is 0 Å². The van der Waals surface area contributed by atoms with Crippen LogP contribution in [0.2, 0.25) is 0 Å². The highest BCUT2D eigenvalue weighted by atomic mass is 32.2. The summed E-state index contributed by atoms with van der Waals surface area (Å²) in [5.74, 6) is -1.22. The molecule has 1 aromatic rings. The Kier molecular flexibility index (Phi) is 3.78. The van der Waals surface area contributed by atoms with E-state index in [0.29, 0.717) is 0 Å². The highest BCUT2D eigenvalue weighted by Gasteiger charge is 2.22. The molecule has 0 fully saturated rings. The fourth-order valence-electron chi connectivity index (χ4n) is 1.08. The normalized spacial score (nSPS) is 12.3. The van der Waals surface area contributed by atoms with Crippen molar-refractivity contribution in [3.8, 4) is 0 Å². The topological polar surface area (TPSA) is 89.3 Å². The van der Waals surface area contributed by atoms with Gasteiger partial charge in [-0.05, 0) is 18.2 Å². The molecule has 7 heteroatoms. The second kappa shape index (κ2) is 4.66. The molecule has 0 bridgehead atoms. The fraction of sp³-hybridized carbons (Fsp3) is 0.364. The summed E-state index contributed by atoms with van der Waals surface area (Å²) in [5.41, 5.74) is -0.757. The van der Waals surface area contributed by atoms with Gasteiger partial charge in [-0.3, -0.25) is 4.79 Å². The van der Waals surface area contributed by atoms with Crippen molar-refractivity contribution in [2.75, 3.05) is 5.32 Å². The van der Waals surface area contributed by atoms with Gasteiger partial charge in [0.15, 0.2) is 0 Å². The molecule has 0 aliphatic carbocycles. The predicted octanol–water partition coefficient (Wildman–Crippen LogP) is 1.46. The molecular formula is C11H15FN2O3S. The van der Waals surface area contributed by atoms with E-state index in [4.69, 9.17) is 5.14 Å². The lowest BCUT2D eigenvalue weighted by Gasteiger charge is -2.18. The van der Waals surface area contributed by atoms with Crippen LogP contribution in [0.4, 0.5) is 10.1 Å². The SMILES string of the molecule is CC(C)(C)C(=O)Nc1ccc(S(N)(=O)=O)cc1F. The van der Waals surface area contributed by atoms with Gasteiger partial charge < -0.3 is 5.32 Å². The summed E-state index contributed by atoms with van der Waals surface area (Å²) >= 11 is 0. The number of benzene rings is 1. The lowest BCUT2D eigenvalue weighted by Crippen LogP contribution is -2.28. The first-order chi connectivity index (χ1) is 8.01.